The molecule has 1 saturated heterocycles. The van der Waals surface area contributed by atoms with Crippen LogP contribution in [0.4, 0.5) is 43.9 Å². The number of hydrogen-bond acceptors (Lipinski definition) is 1. The highest BCUT2D eigenvalue weighted by atomic mass is 19.4. The van der Waals surface area contributed by atoms with E-state index in [2.05, 4.69) is 4.74 Å². The van der Waals surface area contributed by atoms with Crippen LogP contribution >= 0.6 is 0 Å². The van der Waals surface area contributed by atoms with Gasteiger partial charge in [-0.15, -0.1) is 0 Å². The molecule has 128 valence electrons. The average Bonchev–Trinajstić information content (AvgIpc) is 2.66. The van der Waals surface area contributed by atoms with Gasteiger partial charge in [0.05, 0.1) is 0 Å². The Labute approximate surface area is 116 Å². The summed E-state index contributed by atoms with van der Waals surface area (Å²) in [5.41, 5.74) is -8.18. The van der Waals surface area contributed by atoms with Gasteiger partial charge < -0.3 is 4.74 Å². The fraction of sp³-hybridized carbons (Fsp3) is 0.818. The Balaban J connectivity index is 2.69. The summed E-state index contributed by atoms with van der Waals surface area (Å²) in [6, 6.07) is 0. The van der Waals surface area contributed by atoms with E-state index in [4.69, 9.17) is 0 Å². The standard InChI is InChI=1S/C11H8F10O/c1-6(9(13,14)15)7(10(16,17)18)3-2-5(4-7)8(12,22-6)11(19,20)21/h2-3,5H,4H2,1H3. The summed E-state index contributed by atoms with van der Waals surface area (Å²) in [6.45, 7) is -0.216. The maximum absolute atomic E-state index is 14.1. The molecule has 0 saturated carbocycles. The normalized spacial score (nSPS) is 42.8. The zero-order valence-corrected chi connectivity index (χ0v) is 10.6. The molecule has 4 atom stereocenters. The van der Waals surface area contributed by atoms with Gasteiger partial charge in [0, 0.05) is 5.92 Å². The van der Waals surface area contributed by atoms with Crippen molar-refractivity contribution in [1.82, 2.24) is 0 Å². The molecule has 1 heterocycles. The smallest absolute Gasteiger partial charge is 0.321 e. The minimum Gasteiger partial charge on any atom is -0.321 e. The van der Waals surface area contributed by atoms with Gasteiger partial charge >= 0.3 is 24.4 Å². The molecule has 0 aromatic rings. The number of ether oxygens (including phenoxy) is 1. The van der Waals surface area contributed by atoms with Crippen molar-refractivity contribution >= 4 is 0 Å². The van der Waals surface area contributed by atoms with Crippen molar-refractivity contribution < 1.29 is 48.6 Å². The summed E-state index contributed by atoms with van der Waals surface area (Å²) < 4.78 is 135. The van der Waals surface area contributed by atoms with E-state index in [9.17, 15) is 43.9 Å². The average molecular weight is 346 g/mol. The van der Waals surface area contributed by atoms with Crippen molar-refractivity contribution in [1.29, 1.82) is 0 Å². The lowest BCUT2D eigenvalue weighted by Gasteiger charge is -2.53. The number of hydrogen-bond donors (Lipinski definition) is 0. The van der Waals surface area contributed by atoms with E-state index in [-0.39, 0.29) is 19.1 Å². The van der Waals surface area contributed by atoms with Crippen LogP contribution in [0.25, 0.3) is 0 Å². The Morgan fingerprint density at radius 2 is 1.41 bits per heavy atom. The van der Waals surface area contributed by atoms with E-state index >= 15 is 0 Å². The second-order valence-electron chi connectivity index (χ2n) is 5.41. The van der Waals surface area contributed by atoms with Gasteiger partial charge in [-0.1, -0.05) is 12.2 Å². The van der Waals surface area contributed by atoms with Crippen LogP contribution in [0.1, 0.15) is 13.3 Å². The number of fused-ring (bicyclic) bond motifs is 2. The quantitative estimate of drug-likeness (QED) is 0.457. The minimum absolute atomic E-state index is 0.0712. The maximum atomic E-state index is 14.1. The summed E-state index contributed by atoms with van der Waals surface area (Å²) in [4.78, 5) is 0. The zero-order valence-electron chi connectivity index (χ0n) is 10.6. The summed E-state index contributed by atoms with van der Waals surface area (Å²) in [7, 11) is 0. The molecule has 2 bridgehead atoms. The molecule has 0 N–H and O–H groups in total. The largest absolute Gasteiger partial charge is 0.448 e. The van der Waals surface area contributed by atoms with Gasteiger partial charge in [0.15, 0.2) is 5.60 Å². The first-order valence-electron chi connectivity index (χ1n) is 5.80. The molecule has 1 aliphatic heterocycles. The van der Waals surface area contributed by atoms with Crippen LogP contribution < -0.4 is 0 Å². The van der Waals surface area contributed by atoms with Crippen LogP contribution in [0.5, 0.6) is 0 Å². The van der Waals surface area contributed by atoms with Crippen LogP contribution in [0.2, 0.25) is 0 Å². The van der Waals surface area contributed by atoms with Gasteiger partial charge in [-0.2, -0.15) is 39.5 Å². The van der Waals surface area contributed by atoms with E-state index < -0.39 is 47.7 Å². The van der Waals surface area contributed by atoms with Crippen molar-refractivity contribution in [3.8, 4) is 0 Å². The number of alkyl halides is 10. The molecule has 22 heavy (non-hydrogen) atoms. The molecule has 1 nitrogen and oxygen atoms in total. The van der Waals surface area contributed by atoms with Crippen LogP contribution in [0.3, 0.4) is 0 Å². The highest BCUT2D eigenvalue weighted by Gasteiger charge is 2.84. The lowest BCUT2D eigenvalue weighted by molar-refractivity contribution is -0.464. The molecule has 4 unspecified atom stereocenters. The van der Waals surface area contributed by atoms with E-state index in [1.54, 1.807) is 0 Å². The molecule has 11 heteroatoms. The zero-order chi connectivity index (χ0) is 17.4. The molecule has 0 radical (unpaired) electrons. The minimum atomic E-state index is -5.92. The van der Waals surface area contributed by atoms with Crippen molar-refractivity contribution in [2.24, 2.45) is 11.3 Å². The fourth-order valence-corrected chi connectivity index (χ4v) is 2.90. The van der Waals surface area contributed by atoms with Crippen molar-refractivity contribution in [2.45, 2.75) is 43.3 Å². The van der Waals surface area contributed by atoms with Crippen molar-refractivity contribution in [2.75, 3.05) is 0 Å². The molecular weight excluding hydrogens is 338 g/mol. The molecule has 0 aromatic carbocycles. The molecule has 2 aliphatic rings. The third-order valence-electron chi connectivity index (χ3n) is 4.27. The number of halogens is 10. The summed E-state index contributed by atoms with van der Waals surface area (Å²) in [6.07, 6.45) is -19.0. The van der Waals surface area contributed by atoms with E-state index in [1.165, 1.54) is 0 Å². The van der Waals surface area contributed by atoms with E-state index in [1.807, 2.05) is 0 Å². The Bertz CT molecular complexity index is 502. The highest BCUT2D eigenvalue weighted by molar-refractivity contribution is 5.28. The van der Waals surface area contributed by atoms with Gasteiger partial charge in [0.1, 0.15) is 5.41 Å². The third-order valence-corrected chi connectivity index (χ3v) is 4.27. The first-order valence-corrected chi connectivity index (χ1v) is 5.80. The second kappa shape index (κ2) is 4.09. The molecule has 0 aromatic heterocycles. The Morgan fingerprint density at radius 3 is 1.77 bits per heavy atom. The summed E-state index contributed by atoms with van der Waals surface area (Å²) >= 11 is 0. The molecular formula is C11H8F10O. The van der Waals surface area contributed by atoms with Gasteiger partial charge in [-0.3, -0.25) is 0 Å². The monoisotopic (exact) mass is 346 g/mol. The van der Waals surface area contributed by atoms with Gasteiger partial charge in [-0.25, -0.2) is 4.39 Å². The van der Waals surface area contributed by atoms with Crippen LogP contribution in [0, 0.1) is 11.3 Å². The topological polar surface area (TPSA) is 9.23 Å². The summed E-state index contributed by atoms with van der Waals surface area (Å²) in [5, 5.41) is 0. The Hall–Kier alpha value is -1.00. The van der Waals surface area contributed by atoms with Crippen molar-refractivity contribution in [3.63, 3.8) is 0 Å². The van der Waals surface area contributed by atoms with E-state index in [0.29, 0.717) is 0 Å². The second-order valence-corrected chi connectivity index (χ2v) is 5.41. The third kappa shape index (κ3) is 1.83. The molecule has 1 aliphatic carbocycles. The summed E-state index contributed by atoms with van der Waals surface area (Å²) in [5.74, 6) is -7.36. The fourth-order valence-electron chi connectivity index (χ4n) is 2.90. The lowest BCUT2D eigenvalue weighted by Crippen LogP contribution is -2.71. The van der Waals surface area contributed by atoms with Crippen LogP contribution in [-0.2, 0) is 4.74 Å². The van der Waals surface area contributed by atoms with Gasteiger partial charge in [0.25, 0.3) is 0 Å². The highest BCUT2D eigenvalue weighted by Crippen LogP contribution is 2.68. The molecule has 0 amide bonds. The molecule has 2 rings (SSSR count). The molecule has 1 fully saturated rings. The molecule has 0 spiro atoms. The van der Waals surface area contributed by atoms with Crippen molar-refractivity contribution in [3.05, 3.63) is 12.2 Å². The predicted octanol–water partition coefficient (Wildman–Crippen LogP) is 4.69. The Kier molecular flexibility index (Phi) is 3.23. The first-order chi connectivity index (χ1) is 9.52. The SMILES string of the molecule is CC1(C(F)(F)F)OC(F)(C(F)(F)F)C2C=CC1(C(F)(F)F)C2. The van der Waals surface area contributed by atoms with Gasteiger partial charge in [-0.05, 0) is 13.3 Å². The van der Waals surface area contributed by atoms with Crippen LogP contribution in [0.15, 0.2) is 12.2 Å². The number of rotatable bonds is 0. The van der Waals surface area contributed by atoms with Crippen LogP contribution in [-0.4, -0.2) is 30.0 Å². The first kappa shape index (κ1) is 17.4. The Morgan fingerprint density at radius 1 is 0.909 bits per heavy atom. The van der Waals surface area contributed by atoms with Gasteiger partial charge in [0.2, 0.25) is 0 Å². The van der Waals surface area contributed by atoms with E-state index in [0.717, 1.165) is 0 Å². The lowest BCUT2D eigenvalue weighted by atomic mass is 9.66. The maximum Gasteiger partial charge on any atom is 0.448 e. The predicted molar refractivity (Wildman–Crippen MR) is 51.2 cm³/mol.